The van der Waals surface area contributed by atoms with E-state index in [-0.39, 0.29) is 5.41 Å². The summed E-state index contributed by atoms with van der Waals surface area (Å²) in [4.78, 5) is 5.41. The summed E-state index contributed by atoms with van der Waals surface area (Å²) in [6.45, 7) is 7.56. The van der Waals surface area contributed by atoms with Gasteiger partial charge in [0.25, 0.3) is 0 Å². The Hall–Kier alpha value is -0.890. The maximum Gasteiger partial charge on any atom is 0.452 e. The average molecular weight is 296 g/mol. The van der Waals surface area contributed by atoms with E-state index in [0.717, 1.165) is 18.0 Å². The van der Waals surface area contributed by atoms with Crippen molar-refractivity contribution in [3.05, 3.63) is 5.82 Å². The predicted octanol–water partition coefficient (Wildman–Crippen LogP) is 2.76. The maximum absolute atomic E-state index is 12.5. The average Bonchev–Trinajstić information content (AvgIpc) is 2.77. The quantitative estimate of drug-likeness (QED) is 0.877. The number of halogens is 3. The molecule has 8 heteroatoms. The van der Waals surface area contributed by atoms with Gasteiger partial charge >= 0.3 is 6.18 Å². The van der Waals surface area contributed by atoms with Crippen LogP contribution in [0, 0.1) is 5.41 Å². The van der Waals surface area contributed by atoms with E-state index in [2.05, 4.69) is 9.36 Å². The van der Waals surface area contributed by atoms with Crippen molar-refractivity contribution in [2.24, 2.45) is 11.1 Å². The molecular formula is C11H19F3N4S. The standard InChI is InChI=1S/C11H19F3N4S/c1-4-5-18(7-10(2,3)6-15)9-16-8(17-19-9)11(12,13)14/h4-7,15H2,1-3H3. The molecule has 0 saturated heterocycles. The first-order chi connectivity index (χ1) is 8.69. The third kappa shape index (κ3) is 4.61. The van der Waals surface area contributed by atoms with Gasteiger partial charge in [-0.3, -0.25) is 0 Å². The second kappa shape index (κ2) is 6.04. The van der Waals surface area contributed by atoms with Gasteiger partial charge in [0.15, 0.2) is 0 Å². The molecule has 0 atom stereocenters. The highest BCUT2D eigenvalue weighted by Crippen LogP contribution is 2.31. The fraction of sp³-hybridized carbons (Fsp3) is 0.818. The van der Waals surface area contributed by atoms with E-state index in [1.165, 1.54) is 0 Å². The van der Waals surface area contributed by atoms with Crippen LogP contribution in [0.4, 0.5) is 18.3 Å². The van der Waals surface area contributed by atoms with Crippen molar-refractivity contribution in [2.45, 2.75) is 33.4 Å². The van der Waals surface area contributed by atoms with Crippen molar-refractivity contribution in [2.75, 3.05) is 24.5 Å². The number of hydrogen-bond acceptors (Lipinski definition) is 5. The lowest BCUT2D eigenvalue weighted by molar-refractivity contribution is -0.144. The number of anilines is 1. The van der Waals surface area contributed by atoms with E-state index < -0.39 is 12.0 Å². The number of nitrogens with zero attached hydrogens (tertiary/aromatic N) is 3. The molecule has 19 heavy (non-hydrogen) atoms. The summed E-state index contributed by atoms with van der Waals surface area (Å²) in [5.74, 6) is -1.07. The summed E-state index contributed by atoms with van der Waals surface area (Å²) in [5, 5.41) is 0.302. The second-order valence-electron chi connectivity index (χ2n) is 5.19. The Morgan fingerprint density at radius 3 is 2.37 bits per heavy atom. The molecule has 0 fully saturated rings. The molecule has 0 aliphatic carbocycles. The van der Waals surface area contributed by atoms with Crippen LogP contribution in [-0.2, 0) is 6.18 Å². The number of rotatable bonds is 6. The third-order valence-corrected chi connectivity index (χ3v) is 3.38. The van der Waals surface area contributed by atoms with Crippen LogP contribution in [0.15, 0.2) is 0 Å². The molecule has 1 aromatic rings. The van der Waals surface area contributed by atoms with E-state index in [4.69, 9.17) is 5.73 Å². The molecule has 0 amide bonds. The largest absolute Gasteiger partial charge is 0.452 e. The van der Waals surface area contributed by atoms with Gasteiger partial charge in [-0.1, -0.05) is 20.8 Å². The fourth-order valence-corrected chi connectivity index (χ4v) is 2.26. The molecule has 0 spiro atoms. The van der Waals surface area contributed by atoms with Crippen molar-refractivity contribution in [1.82, 2.24) is 9.36 Å². The van der Waals surface area contributed by atoms with Gasteiger partial charge in [0.1, 0.15) is 0 Å². The van der Waals surface area contributed by atoms with Gasteiger partial charge in [0, 0.05) is 24.6 Å². The van der Waals surface area contributed by atoms with Gasteiger partial charge in [0.05, 0.1) is 0 Å². The molecule has 1 aromatic heterocycles. The van der Waals surface area contributed by atoms with E-state index in [9.17, 15) is 13.2 Å². The monoisotopic (exact) mass is 296 g/mol. The summed E-state index contributed by atoms with van der Waals surface area (Å²) >= 11 is 0.780. The van der Waals surface area contributed by atoms with Crippen LogP contribution in [0.2, 0.25) is 0 Å². The Morgan fingerprint density at radius 1 is 1.32 bits per heavy atom. The van der Waals surface area contributed by atoms with Gasteiger partial charge in [0.2, 0.25) is 11.0 Å². The topological polar surface area (TPSA) is 55.0 Å². The van der Waals surface area contributed by atoms with Crippen LogP contribution in [0.25, 0.3) is 0 Å². The van der Waals surface area contributed by atoms with Crippen LogP contribution in [0.3, 0.4) is 0 Å². The lowest BCUT2D eigenvalue weighted by Gasteiger charge is -2.31. The zero-order valence-corrected chi connectivity index (χ0v) is 12.1. The van der Waals surface area contributed by atoms with Crippen molar-refractivity contribution in [3.63, 3.8) is 0 Å². The van der Waals surface area contributed by atoms with E-state index >= 15 is 0 Å². The third-order valence-electron chi connectivity index (χ3n) is 2.60. The van der Waals surface area contributed by atoms with Gasteiger partial charge in [-0.25, -0.2) is 0 Å². The molecule has 0 aliphatic heterocycles. The molecule has 0 aliphatic rings. The molecule has 0 bridgehead atoms. The zero-order valence-electron chi connectivity index (χ0n) is 11.3. The Balaban J connectivity index is 2.90. The number of alkyl halides is 3. The normalized spacial score (nSPS) is 12.8. The van der Waals surface area contributed by atoms with Crippen molar-refractivity contribution in [1.29, 1.82) is 0 Å². The Morgan fingerprint density at radius 2 is 1.95 bits per heavy atom. The lowest BCUT2D eigenvalue weighted by atomic mass is 9.93. The van der Waals surface area contributed by atoms with Gasteiger partial charge < -0.3 is 10.6 Å². The number of aromatic nitrogens is 2. The zero-order chi connectivity index (χ0) is 14.7. The maximum atomic E-state index is 12.5. The van der Waals surface area contributed by atoms with Crippen molar-refractivity contribution < 1.29 is 13.2 Å². The van der Waals surface area contributed by atoms with Gasteiger partial charge in [-0.15, -0.1) is 0 Å². The van der Waals surface area contributed by atoms with E-state index in [1.807, 2.05) is 25.7 Å². The summed E-state index contributed by atoms with van der Waals surface area (Å²) in [7, 11) is 0. The van der Waals surface area contributed by atoms with Crippen molar-refractivity contribution >= 4 is 16.7 Å². The highest BCUT2D eigenvalue weighted by molar-refractivity contribution is 7.09. The van der Waals surface area contributed by atoms with Crippen LogP contribution in [0.5, 0.6) is 0 Å². The summed E-state index contributed by atoms with van der Waals surface area (Å²) in [6, 6.07) is 0. The van der Waals surface area contributed by atoms with Crippen molar-refractivity contribution in [3.8, 4) is 0 Å². The Kier molecular flexibility index (Phi) is 5.14. The minimum Gasteiger partial charge on any atom is -0.346 e. The first kappa shape index (κ1) is 16.2. The molecule has 0 aromatic carbocycles. The summed E-state index contributed by atoms with van der Waals surface area (Å²) in [6.07, 6.45) is -3.67. The van der Waals surface area contributed by atoms with Gasteiger partial charge in [-0.2, -0.15) is 22.5 Å². The predicted molar refractivity (Wildman–Crippen MR) is 70.3 cm³/mol. The van der Waals surface area contributed by atoms with Crippen LogP contribution >= 0.6 is 11.5 Å². The molecule has 110 valence electrons. The molecule has 1 heterocycles. The van der Waals surface area contributed by atoms with E-state index in [1.54, 1.807) is 0 Å². The highest BCUT2D eigenvalue weighted by Gasteiger charge is 2.37. The van der Waals surface area contributed by atoms with E-state index in [0.29, 0.717) is 24.8 Å². The number of nitrogens with two attached hydrogens (primary N) is 1. The summed E-state index contributed by atoms with van der Waals surface area (Å²) < 4.78 is 40.9. The molecule has 2 N–H and O–H groups in total. The minimum atomic E-state index is -4.49. The first-order valence-corrected chi connectivity index (χ1v) is 6.83. The minimum absolute atomic E-state index is 0.181. The van der Waals surface area contributed by atoms with Gasteiger partial charge in [-0.05, 0) is 18.4 Å². The lowest BCUT2D eigenvalue weighted by Crippen LogP contribution is -2.39. The molecule has 0 radical (unpaired) electrons. The Labute approximate surface area is 115 Å². The molecular weight excluding hydrogens is 277 g/mol. The fourth-order valence-electron chi connectivity index (χ4n) is 1.55. The van der Waals surface area contributed by atoms with Crippen LogP contribution in [0.1, 0.15) is 33.0 Å². The molecule has 4 nitrogen and oxygen atoms in total. The molecule has 0 unspecified atom stereocenters. The smallest absolute Gasteiger partial charge is 0.346 e. The molecule has 1 rings (SSSR count). The second-order valence-corrected chi connectivity index (χ2v) is 5.92. The highest BCUT2D eigenvalue weighted by atomic mass is 32.1. The number of hydrogen-bond donors (Lipinski definition) is 1. The molecule has 0 saturated carbocycles. The SMILES string of the molecule is CCCN(CC(C)(C)CN)c1nc(C(F)(F)F)ns1. The Bertz CT molecular complexity index is 403. The summed E-state index contributed by atoms with van der Waals surface area (Å²) in [5.41, 5.74) is 5.48. The first-order valence-electron chi connectivity index (χ1n) is 6.05. The van der Waals surface area contributed by atoms with Crippen LogP contribution in [-0.4, -0.2) is 29.0 Å². The van der Waals surface area contributed by atoms with Crippen LogP contribution < -0.4 is 10.6 Å².